The van der Waals surface area contributed by atoms with E-state index in [-0.39, 0.29) is 0 Å². The summed E-state index contributed by atoms with van der Waals surface area (Å²) in [5, 5.41) is 5.97. The number of nitrogens with zero attached hydrogens (tertiary/aromatic N) is 1. The van der Waals surface area contributed by atoms with Crippen molar-refractivity contribution in [1.29, 1.82) is 0 Å². The van der Waals surface area contributed by atoms with Gasteiger partial charge in [-0.1, -0.05) is 23.4 Å². The average Bonchev–Trinajstić information content (AvgIpc) is 2.85. The highest BCUT2D eigenvalue weighted by atomic mass is 35.5. The first-order valence-corrected chi connectivity index (χ1v) is 6.56. The number of amides is 2. The van der Waals surface area contributed by atoms with Crippen LogP contribution in [0.5, 0.6) is 0 Å². The fourth-order valence-electron chi connectivity index (χ4n) is 1.29. The van der Waals surface area contributed by atoms with Crippen molar-refractivity contribution < 1.29 is 9.59 Å². The molecule has 0 atom stereocenters. The van der Waals surface area contributed by atoms with E-state index in [1.807, 2.05) is 0 Å². The van der Waals surface area contributed by atoms with Crippen LogP contribution < -0.4 is 10.6 Å². The molecule has 2 N–H and O–H groups in total. The first-order valence-electron chi connectivity index (χ1n) is 5.20. The number of hydrogen-bond donors (Lipinski definition) is 2. The molecule has 0 spiro atoms. The number of thioether (sulfide) groups is 1. The zero-order valence-corrected chi connectivity index (χ0v) is 10.8. The molecule has 0 fully saturated rings. The molecule has 18 heavy (non-hydrogen) atoms. The first-order chi connectivity index (χ1) is 8.65. The highest BCUT2D eigenvalue weighted by Gasteiger charge is 2.17. The molecule has 2 amide bonds. The molecule has 1 aliphatic rings. The van der Waals surface area contributed by atoms with Gasteiger partial charge >= 0.3 is 11.8 Å². The number of benzene rings is 1. The third-order valence-electron chi connectivity index (χ3n) is 2.11. The van der Waals surface area contributed by atoms with Gasteiger partial charge in [-0.3, -0.25) is 19.9 Å². The van der Waals surface area contributed by atoms with Crippen LogP contribution in [0, 0.1) is 0 Å². The monoisotopic (exact) mass is 283 g/mol. The molecule has 1 aliphatic heterocycles. The standard InChI is InChI=1S/C11H10ClN3O2S/c12-7-1-3-8(4-2-7)14-9(16)10(17)15-11-13-5-6-18-11/h1-4H,5-6H2,(H,14,16)(H,13,15,17). The summed E-state index contributed by atoms with van der Waals surface area (Å²) in [5.41, 5.74) is 0.514. The molecule has 2 rings (SSSR count). The SMILES string of the molecule is O=C(NC1=NCCS1)C(=O)Nc1ccc(Cl)cc1. The summed E-state index contributed by atoms with van der Waals surface area (Å²) >= 11 is 7.13. The van der Waals surface area contributed by atoms with Gasteiger partial charge in [0.15, 0.2) is 5.17 Å². The number of carbonyl (C=O) groups is 2. The van der Waals surface area contributed by atoms with Crippen LogP contribution in [-0.4, -0.2) is 29.3 Å². The lowest BCUT2D eigenvalue weighted by Crippen LogP contribution is -2.37. The largest absolute Gasteiger partial charge is 0.318 e. The van der Waals surface area contributed by atoms with Crippen LogP contribution >= 0.6 is 23.4 Å². The minimum absolute atomic E-state index is 0.492. The van der Waals surface area contributed by atoms with Crippen molar-refractivity contribution in [2.75, 3.05) is 17.6 Å². The molecule has 0 radical (unpaired) electrons. The van der Waals surface area contributed by atoms with Gasteiger partial charge in [-0.25, -0.2) is 0 Å². The van der Waals surface area contributed by atoms with Crippen molar-refractivity contribution >= 4 is 46.0 Å². The zero-order valence-electron chi connectivity index (χ0n) is 9.27. The van der Waals surface area contributed by atoms with Crippen LogP contribution in [0.1, 0.15) is 0 Å². The lowest BCUT2D eigenvalue weighted by molar-refractivity contribution is -0.135. The minimum atomic E-state index is -0.729. The lowest BCUT2D eigenvalue weighted by Gasteiger charge is -2.05. The maximum atomic E-state index is 11.6. The second-order valence-electron chi connectivity index (χ2n) is 3.45. The van der Waals surface area contributed by atoms with Gasteiger partial charge in [-0.2, -0.15) is 0 Å². The van der Waals surface area contributed by atoms with Crippen LogP contribution in [0.2, 0.25) is 5.02 Å². The Morgan fingerprint density at radius 3 is 2.44 bits per heavy atom. The smallest absolute Gasteiger partial charge is 0.315 e. The van der Waals surface area contributed by atoms with Crippen molar-refractivity contribution in [3.05, 3.63) is 29.3 Å². The Hall–Kier alpha value is -1.53. The molecule has 0 bridgehead atoms. The van der Waals surface area contributed by atoms with Crippen molar-refractivity contribution in [3.8, 4) is 0 Å². The third-order valence-corrected chi connectivity index (χ3v) is 3.26. The lowest BCUT2D eigenvalue weighted by atomic mass is 10.3. The van der Waals surface area contributed by atoms with E-state index in [1.165, 1.54) is 11.8 Å². The van der Waals surface area contributed by atoms with Gasteiger partial charge in [0.2, 0.25) is 0 Å². The Kier molecular flexibility index (Phi) is 4.22. The predicted octanol–water partition coefficient (Wildman–Crippen LogP) is 1.50. The Morgan fingerprint density at radius 1 is 1.17 bits per heavy atom. The molecule has 0 unspecified atom stereocenters. The molecule has 94 valence electrons. The van der Waals surface area contributed by atoms with E-state index < -0.39 is 11.8 Å². The van der Waals surface area contributed by atoms with Gasteiger partial charge in [0.1, 0.15) is 0 Å². The maximum absolute atomic E-state index is 11.6. The molecule has 0 saturated heterocycles. The summed E-state index contributed by atoms with van der Waals surface area (Å²) in [5.74, 6) is -0.625. The molecule has 7 heteroatoms. The van der Waals surface area contributed by atoms with Crippen molar-refractivity contribution in [2.45, 2.75) is 0 Å². The molecule has 1 aromatic rings. The number of hydrogen-bond acceptors (Lipinski definition) is 4. The van der Waals surface area contributed by atoms with E-state index >= 15 is 0 Å². The zero-order chi connectivity index (χ0) is 13.0. The molecule has 1 heterocycles. The summed E-state index contributed by atoms with van der Waals surface area (Å²) in [6.07, 6.45) is 0. The topological polar surface area (TPSA) is 70.6 Å². The van der Waals surface area contributed by atoms with Crippen molar-refractivity contribution in [1.82, 2.24) is 5.32 Å². The van der Waals surface area contributed by atoms with Gasteiger partial charge in [-0.15, -0.1) is 0 Å². The highest BCUT2D eigenvalue weighted by Crippen LogP contribution is 2.13. The Balaban J connectivity index is 1.90. The second kappa shape index (κ2) is 5.88. The first kappa shape index (κ1) is 12.9. The Labute approximate surface area is 113 Å². The third kappa shape index (κ3) is 3.48. The summed E-state index contributed by atoms with van der Waals surface area (Å²) in [4.78, 5) is 27.1. The molecule has 5 nitrogen and oxygen atoms in total. The van der Waals surface area contributed by atoms with Crippen molar-refractivity contribution in [2.24, 2.45) is 4.99 Å². The summed E-state index contributed by atoms with van der Waals surface area (Å²) in [7, 11) is 0. The van der Waals surface area contributed by atoms with Crippen LogP contribution in [0.25, 0.3) is 0 Å². The molecule has 0 saturated carbocycles. The van der Waals surface area contributed by atoms with E-state index in [0.717, 1.165) is 5.75 Å². The number of rotatable bonds is 1. The van der Waals surface area contributed by atoms with Gasteiger partial charge < -0.3 is 5.32 Å². The quantitative estimate of drug-likeness (QED) is 0.767. The minimum Gasteiger partial charge on any atom is -0.318 e. The van der Waals surface area contributed by atoms with Crippen LogP contribution in [0.15, 0.2) is 29.3 Å². The molecule has 0 aromatic heterocycles. The fraction of sp³-hybridized carbons (Fsp3) is 0.182. The van der Waals surface area contributed by atoms with E-state index in [2.05, 4.69) is 15.6 Å². The van der Waals surface area contributed by atoms with Crippen LogP contribution in [-0.2, 0) is 9.59 Å². The summed E-state index contributed by atoms with van der Waals surface area (Å²) < 4.78 is 0. The second-order valence-corrected chi connectivity index (χ2v) is 4.97. The van der Waals surface area contributed by atoms with E-state index in [4.69, 9.17) is 11.6 Å². The molecular formula is C11H10ClN3O2S. The van der Waals surface area contributed by atoms with Gasteiger partial charge in [-0.05, 0) is 24.3 Å². The number of anilines is 1. The van der Waals surface area contributed by atoms with Crippen LogP contribution in [0.3, 0.4) is 0 Å². The Morgan fingerprint density at radius 2 is 1.83 bits per heavy atom. The maximum Gasteiger partial charge on any atom is 0.315 e. The summed E-state index contributed by atoms with van der Waals surface area (Å²) in [6.45, 7) is 0.666. The van der Waals surface area contributed by atoms with Crippen LogP contribution in [0.4, 0.5) is 5.69 Å². The number of amidine groups is 1. The normalized spacial score (nSPS) is 13.9. The summed E-state index contributed by atoms with van der Waals surface area (Å²) in [6, 6.07) is 6.50. The number of aliphatic imine (C=N–C) groups is 1. The van der Waals surface area contributed by atoms with E-state index in [1.54, 1.807) is 24.3 Å². The van der Waals surface area contributed by atoms with Gasteiger partial charge in [0.05, 0.1) is 6.54 Å². The number of carbonyl (C=O) groups excluding carboxylic acids is 2. The number of halogens is 1. The molecule has 1 aromatic carbocycles. The van der Waals surface area contributed by atoms with Crippen molar-refractivity contribution in [3.63, 3.8) is 0 Å². The average molecular weight is 284 g/mol. The number of nitrogens with one attached hydrogen (secondary N) is 2. The predicted molar refractivity (Wildman–Crippen MR) is 73.0 cm³/mol. The van der Waals surface area contributed by atoms with Gasteiger partial charge in [0, 0.05) is 16.5 Å². The molecule has 0 aliphatic carbocycles. The van der Waals surface area contributed by atoms with E-state index in [0.29, 0.717) is 22.4 Å². The van der Waals surface area contributed by atoms with Gasteiger partial charge in [0.25, 0.3) is 0 Å². The highest BCUT2D eigenvalue weighted by molar-refractivity contribution is 8.14. The fourth-order valence-corrected chi connectivity index (χ4v) is 2.14. The molecular weight excluding hydrogens is 274 g/mol. The van der Waals surface area contributed by atoms with E-state index in [9.17, 15) is 9.59 Å². The Bertz CT molecular complexity index is 502.